The molecule has 1 N–H and O–H groups in total. The van der Waals surface area contributed by atoms with Gasteiger partial charge in [-0.15, -0.1) is 11.3 Å². The molecule has 0 radical (unpaired) electrons. The third-order valence-electron chi connectivity index (χ3n) is 11.2. The average molecular weight is 751 g/mol. The number of furan rings is 1. The summed E-state index contributed by atoms with van der Waals surface area (Å²) < 4.78 is 60.9. The summed E-state index contributed by atoms with van der Waals surface area (Å²) >= 11 is 1.44. The molecule has 278 valence electrons. The van der Waals surface area contributed by atoms with Crippen molar-refractivity contribution in [3.8, 4) is 10.8 Å². The van der Waals surface area contributed by atoms with Gasteiger partial charge in [0, 0.05) is 66.4 Å². The Kier molecular flexibility index (Phi) is 10.8. The molecule has 3 aliphatic heterocycles. The van der Waals surface area contributed by atoms with Crippen molar-refractivity contribution in [1.29, 1.82) is 0 Å². The summed E-state index contributed by atoms with van der Waals surface area (Å²) in [4.78, 5) is 18.1. The molecule has 13 heteroatoms. The minimum Gasteiger partial charge on any atom is -0.462 e. The zero-order chi connectivity index (χ0) is 35.7. The summed E-state index contributed by atoms with van der Waals surface area (Å²) in [7, 11) is -4.15. The topological polar surface area (TPSA) is 138 Å². The predicted octanol–water partition coefficient (Wildman–Crippen LogP) is 6.19. The van der Waals surface area contributed by atoms with Gasteiger partial charge in [0.25, 0.3) is 0 Å². The van der Waals surface area contributed by atoms with Gasteiger partial charge in [0.15, 0.2) is 17.1 Å². The summed E-state index contributed by atoms with van der Waals surface area (Å²) in [6.07, 6.45) is 5.64. The molecule has 8 rings (SSSR count). The fraction of sp³-hybridized carbons (Fsp3) is 0.538. The van der Waals surface area contributed by atoms with Crippen LogP contribution < -0.4 is 0 Å². The summed E-state index contributed by atoms with van der Waals surface area (Å²) in [6.45, 7) is 1.74. The number of esters is 1. The Hall–Kier alpha value is -3.17. The van der Waals surface area contributed by atoms with Gasteiger partial charge in [-0.25, -0.2) is 13.4 Å². The van der Waals surface area contributed by atoms with Crippen LogP contribution in [0, 0.1) is 23.7 Å². The number of sulfonamides is 1. The van der Waals surface area contributed by atoms with E-state index in [1.54, 1.807) is 12.3 Å². The van der Waals surface area contributed by atoms with Crippen LogP contribution in [0.25, 0.3) is 21.7 Å². The lowest BCUT2D eigenvalue weighted by Crippen LogP contribution is -2.42. The smallest absolute Gasteiger partial charge is 0.306 e. The number of carbonyl (C=O) groups excluding carboxylic acids is 1. The number of aromatic nitrogens is 1. The monoisotopic (exact) mass is 750 g/mol. The van der Waals surface area contributed by atoms with Crippen LogP contribution in [0.4, 0.5) is 0 Å². The van der Waals surface area contributed by atoms with Crippen molar-refractivity contribution < 1.29 is 41.7 Å². The Bertz CT molecular complexity index is 1930. The molecule has 7 atom stereocenters. The lowest BCUT2D eigenvalue weighted by molar-refractivity contribution is -0.178. The molecule has 2 saturated heterocycles. The lowest BCUT2D eigenvalue weighted by Gasteiger charge is -2.31. The average Bonchev–Trinajstić information content (AvgIpc) is 3.94. The third-order valence-corrected chi connectivity index (χ3v) is 13.9. The van der Waals surface area contributed by atoms with E-state index in [9.17, 15) is 18.3 Å². The lowest BCUT2D eigenvalue weighted by atomic mass is 9.90. The molecule has 5 heterocycles. The van der Waals surface area contributed by atoms with Crippen LogP contribution in [-0.4, -0.2) is 80.2 Å². The van der Waals surface area contributed by atoms with Crippen molar-refractivity contribution in [2.24, 2.45) is 23.7 Å². The van der Waals surface area contributed by atoms with Crippen LogP contribution in [0.5, 0.6) is 0 Å². The zero-order valence-electron chi connectivity index (χ0n) is 29.1. The minimum atomic E-state index is -4.15. The summed E-state index contributed by atoms with van der Waals surface area (Å²) in [5.74, 6) is 0.0643. The Morgan fingerprint density at radius 1 is 1.04 bits per heavy atom. The SMILES string of the molecule is O=C(C[C@@H](Cc1ccccc1)[C@H](O)CN1CCCCCCCOCc2cc3cc(-c4nccs4)oc3cc2S1(=O)=O)O[C@H]1C2CO[C@H]3OC[C@@H]1C3C2. The molecule has 4 aliphatic rings. The molecule has 1 saturated carbocycles. The molecule has 0 spiro atoms. The third kappa shape index (κ3) is 7.59. The van der Waals surface area contributed by atoms with Crippen LogP contribution in [0.3, 0.4) is 0 Å². The zero-order valence-corrected chi connectivity index (χ0v) is 30.8. The highest BCUT2D eigenvalue weighted by atomic mass is 32.2. The number of ether oxygens (including phenoxy) is 4. The number of thiazole rings is 1. The highest BCUT2D eigenvalue weighted by molar-refractivity contribution is 7.89. The van der Waals surface area contributed by atoms with Crippen molar-refractivity contribution in [1.82, 2.24) is 9.29 Å². The van der Waals surface area contributed by atoms with Gasteiger partial charge in [-0.1, -0.05) is 49.6 Å². The quantitative estimate of drug-likeness (QED) is 0.197. The highest BCUT2D eigenvalue weighted by Crippen LogP contribution is 2.49. The van der Waals surface area contributed by atoms with Crippen LogP contribution in [0.15, 0.2) is 69.4 Å². The van der Waals surface area contributed by atoms with Gasteiger partial charge in [0.1, 0.15) is 11.7 Å². The second-order valence-corrected chi connectivity index (χ2v) is 17.5. The number of β-amino-alcohol motifs (C(OH)–C–C–N with tert-alkyl or cyclic N) is 1. The molecule has 1 aliphatic carbocycles. The summed E-state index contributed by atoms with van der Waals surface area (Å²) in [5.41, 5.74) is 1.91. The van der Waals surface area contributed by atoms with Crippen LogP contribution in [-0.2, 0) is 46.8 Å². The molecule has 4 aromatic rings. The number of benzene rings is 2. The molecule has 2 aromatic heterocycles. The molecule has 2 unspecified atom stereocenters. The molecule has 11 nitrogen and oxygen atoms in total. The Morgan fingerprint density at radius 3 is 2.71 bits per heavy atom. The van der Waals surface area contributed by atoms with Crippen LogP contribution in [0.2, 0.25) is 0 Å². The van der Waals surface area contributed by atoms with E-state index in [-0.39, 0.29) is 61.2 Å². The number of hydrogen-bond acceptors (Lipinski definition) is 11. The van der Waals surface area contributed by atoms with Crippen molar-refractivity contribution in [2.45, 2.75) is 81.4 Å². The minimum absolute atomic E-state index is 0.0489. The van der Waals surface area contributed by atoms with Gasteiger partial charge >= 0.3 is 5.97 Å². The molecule has 3 fully saturated rings. The Labute approximate surface area is 308 Å². The summed E-state index contributed by atoms with van der Waals surface area (Å²) in [6, 6.07) is 15.0. The maximum Gasteiger partial charge on any atom is 0.306 e. The van der Waals surface area contributed by atoms with E-state index >= 15 is 0 Å². The first-order valence-corrected chi connectivity index (χ1v) is 20.8. The van der Waals surface area contributed by atoms with E-state index in [0.29, 0.717) is 54.6 Å². The molecular weight excluding hydrogens is 705 g/mol. The second-order valence-electron chi connectivity index (χ2n) is 14.7. The van der Waals surface area contributed by atoms with E-state index in [4.69, 9.17) is 23.4 Å². The molecule has 52 heavy (non-hydrogen) atoms. The van der Waals surface area contributed by atoms with Crippen molar-refractivity contribution >= 4 is 38.3 Å². The van der Waals surface area contributed by atoms with Gasteiger partial charge in [-0.2, -0.15) is 4.31 Å². The van der Waals surface area contributed by atoms with E-state index in [1.165, 1.54) is 15.6 Å². The molecule has 2 aromatic carbocycles. The summed E-state index contributed by atoms with van der Waals surface area (Å²) in [5, 5.41) is 15.3. The van der Waals surface area contributed by atoms with Gasteiger partial charge in [-0.05, 0) is 48.9 Å². The van der Waals surface area contributed by atoms with Crippen LogP contribution in [0.1, 0.15) is 56.1 Å². The number of aliphatic hydroxyl groups is 1. The van der Waals surface area contributed by atoms with Gasteiger partial charge in [0.2, 0.25) is 10.0 Å². The van der Waals surface area contributed by atoms with E-state index < -0.39 is 28.0 Å². The largest absolute Gasteiger partial charge is 0.462 e. The number of carbonyl (C=O) groups is 1. The van der Waals surface area contributed by atoms with E-state index in [2.05, 4.69) is 4.98 Å². The van der Waals surface area contributed by atoms with Crippen molar-refractivity contribution in [3.05, 3.63) is 71.2 Å². The van der Waals surface area contributed by atoms with Crippen LogP contribution >= 0.6 is 11.3 Å². The fourth-order valence-electron chi connectivity index (χ4n) is 8.45. The molecular formula is C39H46N2O9S2. The molecule has 0 amide bonds. The number of fused-ring (bicyclic) bond motifs is 3. The van der Waals surface area contributed by atoms with Gasteiger partial charge < -0.3 is 28.5 Å². The first kappa shape index (κ1) is 35.8. The fourth-order valence-corrected chi connectivity index (χ4v) is 10.7. The van der Waals surface area contributed by atoms with Gasteiger partial charge in [-0.3, -0.25) is 4.79 Å². The van der Waals surface area contributed by atoms with E-state index in [1.807, 2.05) is 47.8 Å². The second kappa shape index (κ2) is 15.7. The van der Waals surface area contributed by atoms with Crippen molar-refractivity contribution in [2.75, 3.05) is 32.9 Å². The number of nitrogens with zero attached hydrogens (tertiary/aromatic N) is 2. The Morgan fingerprint density at radius 2 is 1.87 bits per heavy atom. The van der Waals surface area contributed by atoms with E-state index in [0.717, 1.165) is 43.1 Å². The predicted molar refractivity (Wildman–Crippen MR) is 194 cm³/mol. The highest BCUT2D eigenvalue weighted by Gasteiger charge is 2.56. The van der Waals surface area contributed by atoms with Crippen molar-refractivity contribution in [3.63, 3.8) is 0 Å². The normalized spacial score (nSPS) is 27.6. The van der Waals surface area contributed by atoms with Gasteiger partial charge in [0.05, 0.1) is 37.2 Å². The number of hydrogen-bond donors (Lipinski definition) is 1. The number of rotatable bonds is 9. The Balaban J connectivity index is 1.07. The maximum absolute atomic E-state index is 14.7. The molecule has 2 bridgehead atoms. The first-order valence-electron chi connectivity index (χ1n) is 18.5. The standard InChI is InChI=1S/C39H46N2O9S2/c42-32(26(15-25-9-5-4-6-10-25)19-36(43)50-37-29-17-30-31(37)24-48-39(30)47-23-29)21-41-12-7-2-1-3-8-13-46-22-28-16-27-18-34(38-40-11-14-51-38)49-33(27)20-35(28)52(41,44)45/h4-6,9-11,14,16,18,20,26,29-32,37,39,42H,1-3,7-8,12-13,15,17,19,21-24H2/t26-,29?,30?,31-,32-,37+,39+/m1/s1. The number of aliphatic hydroxyl groups excluding tert-OH is 1. The maximum atomic E-state index is 14.7. The first-order chi connectivity index (χ1) is 25.3.